The first-order chi connectivity index (χ1) is 12.2. The van der Waals surface area contributed by atoms with Crippen LogP contribution in [0.2, 0.25) is 0 Å². The maximum atomic E-state index is 11.3. The van der Waals surface area contributed by atoms with Gasteiger partial charge in [0, 0.05) is 34.8 Å². The summed E-state index contributed by atoms with van der Waals surface area (Å²) in [5, 5.41) is 24.9. The highest BCUT2D eigenvalue weighted by atomic mass is 16.4. The molecule has 3 heterocycles. The molecule has 0 saturated heterocycles. The molecule has 26 heavy (non-hydrogen) atoms. The Bertz CT molecular complexity index is 989. The van der Waals surface area contributed by atoms with Crippen LogP contribution in [0.1, 0.15) is 42.8 Å². The van der Waals surface area contributed by atoms with E-state index in [1.165, 1.54) is 6.92 Å². The number of aromatic nitrogens is 3. The van der Waals surface area contributed by atoms with E-state index in [1.807, 2.05) is 29.6 Å². The van der Waals surface area contributed by atoms with Gasteiger partial charge in [0.05, 0.1) is 23.2 Å². The van der Waals surface area contributed by atoms with Crippen molar-refractivity contribution in [2.24, 2.45) is 0 Å². The quantitative estimate of drug-likeness (QED) is 0.735. The summed E-state index contributed by atoms with van der Waals surface area (Å²) in [6, 6.07) is 5.95. The molecule has 0 aromatic carbocycles. The van der Waals surface area contributed by atoms with E-state index in [2.05, 4.69) is 17.0 Å². The minimum Gasteiger partial charge on any atom is -0.481 e. The number of nitrogens with zero attached hydrogens (tertiary/aromatic N) is 3. The number of carboxylic acid groups (broad SMARTS) is 1. The van der Waals surface area contributed by atoms with Gasteiger partial charge in [0.2, 0.25) is 0 Å². The Balaban J connectivity index is 2.42. The average Bonchev–Trinajstić information content (AvgIpc) is 2.94. The number of aliphatic carboxylic acids is 1. The Hall–Kier alpha value is -2.73. The van der Waals surface area contributed by atoms with E-state index in [1.54, 1.807) is 19.3 Å². The fourth-order valence-corrected chi connectivity index (χ4v) is 3.58. The van der Waals surface area contributed by atoms with Gasteiger partial charge in [0.25, 0.3) is 0 Å². The lowest BCUT2D eigenvalue weighted by Crippen LogP contribution is -2.28. The maximum absolute atomic E-state index is 11.3. The summed E-state index contributed by atoms with van der Waals surface area (Å²) in [4.78, 5) is 15.6. The molecule has 0 fully saturated rings. The van der Waals surface area contributed by atoms with E-state index in [4.69, 9.17) is 0 Å². The zero-order valence-electron chi connectivity index (χ0n) is 15.4. The van der Waals surface area contributed by atoms with Crippen molar-refractivity contribution in [3.05, 3.63) is 53.1 Å². The smallest absolute Gasteiger partial charge is 0.306 e. The van der Waals surface area contributed by atoms with Gasteiger partial charge in [-0.05, 0) is 51.0 Å². The minimum absolute atomic E-state index is 0.403. The van der Waals surface area contributed by atoms with Crippen LogP contribution in [0.15, 0.2) is 30.6 Å². The molecule has 2 N–H and O–H groups in total. The topological polar surface area (TPSA) is 87.7 Å². The number of aliphatic hydroxyl groups is 1. The molecule has 6 nitrogen and oxygen atoms in total. The number of pyridine rings is 1. The fraction of sp³-hybridized carbons (Fsp3) is 0.350. The number of carbonyl (C=O) groups is 1. The number of rotatable bonds is 5. The van der Waals surface area contributed by atoms with Gasteiger partial charge in [-0.3, -0.25) is 9.78 Å². The summed E-state index contributed by atoms with van der Waals surface area (Å²) in [6.45, 7) is 7.34. The number of carboxylic acids is 1. The lowest BCUT2D eigenvalue weighted by atomic mass is 9.85. The van der Waals surface area contributed by atoms with Crippen molar-refractivity contribution in [1.29, 1.82) is 0 Å². The van der Waals surface area contributed by atoms with Crippen LogP contribution in [0.4, 0.5) is 0 Å². The molecule has 3 aromatic heterocycles. The van der Waals surface area contributed by atoms with Gasteiger partial charge in [-0.2, -0.15) is 5.10 Å². The van der Waals surface area contributed by atoms with Crippen LogP contribution in [0.5, 0.6) is 0 Å². The van der Waals surface area contributed by atoms with E-state index < -0.39 is 18.0 Å². The van der Waals surface area contributed by atoms with Gasteiger partial charge in [-0.15, -0.1) is 0 Å². The van der Waals surface area contributed by atoms with Crippen molar-refractivity contribution in [2.45, 2.75) is 46.1 Å². The second-order valence-electron chi connectivity index (χ2n) is 6.91. The third-order valence-corrected chi connectivity index (χ3v) is 4.61. The first-order valence-corrected chi connectivity index (χ1v) is 8.62. The van der Waals surface area contributed by atoms with Gasteiger partial charge in [-0.1, -0.05) is 6.92 Å². The Morgan fingerprint density at radius 2 is 2.00 bits per heavy atom. The summed E-state index contributed by atoms with van der Waals surface area (Å²) in [5.74, 6) is -1.06. The second kappa shape index (κ2) is 6.53. The van der Waals surface area contributed by atoms with Crippen LogP contribution in [0.25, 0.3) is 16.6 Å². The van der Waals surface area contributed by atoms with Gasteiger partial charge in [-0.25, -0.2) is 4.52 Å². The summed E-state index contributed by atoms with van der Waals surface area (Å²) >= 11 is 0. The van der Waals surface area contributed by atoms with Crippen molar-refractivity contribution >= 4 is 11.5 Å². The summed E-state index contributed by atoms with van der Waals surface area (Å²) in [5.41, 5.74) is 4.06. The molecule has 0 spiro atoms. The number of fused-ring (bicyclic) bond motifs is 1. The van der Waals surface area contributed by atoms with Crippen molar-refractivity contribution in [3.8, 4) is 11.1 Å². The maximum Gasteiger partial charge on any atom is 0.306 e. The van der Waals surface area contributed by atoms with Crippen LogP contribution >= 0.6 is 0 Å². The third-order valence-electron chi connectivity index (χ3n) is 4.61. The average molecular weight is 353 g/mol. The van der Waals surface area contributed by atoms with Crippen LogP contribution < -0.4 is 0 Å². The molecule has 0 saturated carbocycles. The molecule has 0 bridgehead atoms. The molecule has 1 atom stereocenters. The molecule has 0 aliphatic heterocycles. The summed E-state index contributed by atoms with van der Waals surface area (Å²) in [6.07, 6.45) is 3.91. The van der Waals surface area contributed by atoms with E-state index in [0.29, 0.717) is 11.3 Å². The van der Waals surface area contributed by atoms with Crippen LogP contribution in [0.3, 0.4) is 0 Å². The first-order valence-electron chi connectivity index (χ1n) is 8.62. The number of aryl methyl sites for hydroxylation is 3. The van der Waals surface area contributed by atoms with E-state index in [0.717, 1.165) is 34.3 Å². The highest BCUT2D eigenvalue weighted by molar-refractivity contribution is 5.85. The molecule has 3 aromatic rings. The van der Waals surface area contributed by atoms with E-state index >= 15 is 0 Å². The standard InChI is InChI=1S/C20H23N3O3/c1-5-15-6-7-16-18(14-8-12(2)10-21-11-14)19(13(3)22-23(15)16)20(4,26)9-17(24)25/h6-8,10-11,26H,5,9H2,1-4H3,(H,24,25). The molecule has 3 rings (SSSR count). The largest absolute Gasteiger partial charge is 0.481 e. The molecular weight excluding hydrogens is 330 g/mol. The van der Waals surface area contributed by atoms with E-state index in [-0.39, 0.29) is 0 Å². The Kier molecular flexibility index (Phi) is 4.54. The van der Waals surface area contributed by atoms with E-state index in [9.17, 15) is 15.0 Å². The molecule has 0 aliphatic rings. The Labute approximate surface area is 152 Å². The van der Waals surface area contributed by atoms with Crippen molar-refractivity contribution in [3.63, 3.8) is 0 Å². The molecule has 1 unspecified atom stereocenters. The lowest BCUT2D eigenvalue weighted by molar-refractivity contribution is -0.142. The van der Waals surface area contributed by atoms with Crippen molar-refractivity contribution in [1.82, 2.24) is 14.6 Å². The van der Waals surface area contributed by atoms with Gasteiger partial charge in [0.1, 0.15) is 0 Å². The van der Waals surface area contributed by atoms with Gasteiger partial charge >= 0.3 is 5.97 Å². The highest BCUT2D eigenvalue weighted by Gasteiger charge is 2.33. The molecule has 6 heteroatoms. The normalized spacial score (nSPS) is 13.7. The SMILES string of the molecule is CCc1ccc2c(-c3cncc(C)c3)c(C(C)(O)CC(=O)O)c(C)nn12. The van der Waals surface area contributed by atoms with Gasteiger partial charge in [0.15, 0.2) is 0 Å². The zero-order valence-corrected chi connectivity index (χ0v) is 15.4. The zero-order chi connectivity index (χ0) is 19.1. The van der Waals surface area contributed by atoms with Crippen molar-refractivity contribution in [2.75, 3.05) is 0 Å². The monoisotopic (exact) mass is 353 g/mol. The summed E-state index contributed by atoms with van der Waals surface area (Å²) < 4.78 is 1.87. The van der Waals surface area contributed by atoms with Crippen LogP contribution in [-0.4, -0.2) is 30.8 Å². The second-order valence-corrected chi connectivity index (χ2v) is 6.91. The number of hydrogen-bond donors (Lipinski definition) is 2. The Morgan fingerprint density at radius 3 is 2.62 bits per heavy atom. The van der Waals surface area contributed by atoms with Crippen molar-refractivity contribution < 1.29 is 15.0 Å². The molecule has 0 amide bonds. The molecule has 0 aliphatic carbocycles. The lowest BCUT2D eigenvalue weighted by Gasteiger charge is -2.27. The van der Waals surface area contributed by atoms with Crippen LogP contribution in [-0.2, 0) is 16.8 Å². The Morgan fingerprint density at radius 1 is 1.27 bits per heavy atom. The predicted molar refractivity (Wildman–Crippen MR) is 99.1 cm³/mol. The molecule has 136 valence electrons. The number of hydrogen-bond acceptors (Lipinski definition) is 4. The molecule has 0 radical (unpaired) electrons. The fourth-order valence-electron chi connectivity index (χ4n) is 3.58. The minimum atomic E-state index is -1.56. The highest BCUT2D eigenvalue weighted by Crippen LogP contribution is 2.39. The van der Waals surface area contributed by atoms with Gasteiger partial charge < -0.3 is 10.2 Å². The third kappa shape index (κ3) is 3.08. The van der Waals surface area contributed by atoms with Crippen LogP contribution in [0, 0.1) is 13.8 Å². The first kappa shape index (κ1) is 18.1. The molecular formula is C20H23N3O3. The predicted octanol–water partition coefficient (Wildman–Crippen LogP) is 3.26. The summed E-state index contributed by atoms with van der Waals surface area (Å²) in [7, 11) is 0.